The van der Waals surface area contributed by atoms with Crippen LogP contribution in [-0.2, 0) is 0 Å². The average Bonchev–Trinajstić information content (AvgIpc) is 2.91. The molecule has 1 aliphatic rings. The molecule has 1 saturated heterocycles. The topological polar surface area (TPSA) is 76.5 Å². The van der Waals surface area contributed by atoms with Gasteiger partial charge in [0.25, 0.3) is 5.91 Å². The summed E-state index contributed by atoms with van der Waals surface area (Å²) in [5.74, 6) is -0.268. The molecule has 1 amide bonds. The number of aryl methyl sites for hydroxylation is 1. The van der Waals surface area contributed by atoms with E-state index in [1.165, 1.54) is 0 Å². The van der Waals surface area contributed by atoms with Gasteiger partial charge in [0.2, 0.25) is 0 Å². The fourth-order valence-electron chi connectivity index (χ4n) is 3.09. The van der Waals surface area contributed by atoms with Crippen molar-refractivity contribution in [3.8, 4) is 0 Å². The maximum Gasteiger partial charge on any atom is 0.349 e. The maximum absolute atomic E-state index is 12.8. The molecule has 24 heavy (non-hydrogen) atoms. The molecule has 0 spiro atoms. The predicted octanol–water partition coefficient (Wildman–Crippen LogP) is 3.10. The molecule has 1 atom stereocenters. The molecule has 1 aliphatic heterocycles. The van der Waals surface area contributed by atoms with Gasteiger partial charge in [-0.3, -0.25) is 4.79 Å². The van der Waals surface area contributed by atoms with E-state index < -0.39 is 5.63 Å². The van der Waals surface area contributed by atoms with Crippen molar-refractivity contribution < 1.29 is 9.21 Å². The van der Waals surface area contributed by atoms with Gasteiger partial charge < -0.3 is 15.1 Å². The number of nitrogens with two attached hydrogens (primary N) is 1. The predicted molar refractivity (Wildman–Crippen MR) is 99.9 cm³/mol. The lowest BCUT2D eigenvalue weighted by Crippen LogP contribution is -2.36. The highest BCUT2D eigenvalue weighted by atomic mass is 79.9. The zero-order valence-corrected chi connectivity index (χ0v) is 16.0. The van der Waals surface area contributed by atoms with E-state index in [9.17, 15) is 9.59 Å². The van der Waals surface area contributed by atoms with Crippen LogP contribution in [0.4, 0.5) is 0 Å². The monoisotopic (exact) mass is 414 g/mol. The van der Waals surface area contributed by atoms with Gasteiger partial charge >= 0.3 is 5.63 Å². The van der Waals surface area contributed by atoms with Crippen LogP contribution < -0.4 is 11.4 Å². The molecule has 0 aliphatic carbocycles. The fraction of sp³-hybridized carbons (Fsp3) is 0.412. The molecular weight excluding hydrogens is 396 g/mol. The van der Waals surface area contributed by atoms with Gasteiger partial charge in [0.15, 0.2) is 0 Å². The van der Waals surface area contributed by atoms with Crippen LogP contribution in [0.5, 0.6) is 0 Å². The molecule has 1 unspecified atom stereocenters. The molecule has 2 N–H and O–H groups in total. The molecule has 1 aromatic carbocycles. The number of hydrogen-bond donors (Lipinski definition) is 1. The second-order valence-electron chi connectivity index (χ2n) is 6.52. The molecule has 1 aromatic heterocycles. The van der Waals surface area contributed by atoms with Crippen LogP contribution >= 0.6 is 28.3 Å². The molecule has 0 saturated carbocycles. The number of fused-ring (bicyclic) bond motifs is 1. The highest BCUT2D eigenvalue weighted by Gasteiger charge is 2.36. The number of amides is 1. The lowest BCUT2D eigenvalue weighted by molar-refractivity contribution is 0.0772. The molecule has 1 fully saturated rings. The van der Waals surface area contributed by atoms with Gasteiger partial charge in [0.1, 0.15) is 11.1 Å². The van der Waals surface area contributed by atoms with Crippen molar-refractivity contribution in [3.63, 3.8) is 0 Å². The first-order chi connectivity index (χ1) is 10.8. The van der Waals surface area contributed by atoms with Gasteiger partial charge in [-0.2, -0.15) is 0 Å². The van der Waals surface area contributed by atoms with E-state index in [2.05, 4.69) is 22.9 Å². The number of carbonyl (C=O) groups is 1. The van der Waals surface area contributed by atoms with E-state index in [0.29, 0.717) is 30.8 Å². The summed E-state index contributed by atoms with van der Waals surface area (Å²) in [4.78, 5) is 26.9. The Hall–Kier alpha value is -1.37. The Balaban J connectivity index is 0.00000208. The Bertz CT molecular complexity index is 852. The van der Waals surface area contributed by atoms with Crippen LogP contribution in [0.3, 0.4) is 0 Å². The lowest BCUT2D eigenvalue weighted by atomic mass is 9.90. The largest absolute Gasteiger partial charge is 0.422 e. The summed E-state index contributed by atoms with van der Waals surface area (Å²) in [6.45, 7) is 5.55. The Kier molecular flexibility index (Phi) is 5.42. The van der Waals surface area contributed by atoms with Gasteiger partial charge in [-0.05, 0) is 49.1 Å². The summed E-state index contributed by atoms with van der Waals surface area (Å²) in [5.41, 5.74) is 6.40. The Labute approximate surface area is 154 Å². The molecule has 5 nitrogen and oxygen atoms in total. The van der Waals surface area contributed by atoms with Crippen molar-refractivity contribution in [2.75, 3.05) is 19.6 Å². The summed E-state index contributed by atoms with van der Waals surface area (Å²) < 4.78 is 6.21. The third-order valence-corrected chi connectivity index (χ3v) is 5.17. The highest BCUT2D eigenvalue weighted by molar-refractivity contribution is 9.10. The number of halogens is 2. The number of rotatable bonds is 2. The number of likely N-dealkylation sites (tertiary alicyclic amines) is 1. The number of hydrogen-bond acceptors (Lipinski definition) is 4. The second-order valence-corrected chi connectivity index (χ2v) is 7.44. The van der Waals surface area contributed by atoms with E-state index in [-0.39, 0.29) is 29.3 Å². The smallest absolute Gasteiger partial charge is 0.349 e. The third kappa shape index (κ3) is 3.23. The number of benzene rings is 1. The van der Waals surface area contributed by atoms with Crippen molar-refractivity contribution >= 4 is 45.2 Å². The Morgan fingerprint density at radius 2 is 2.17 bits per heavy atom. The minimum Gasteiger partial charge on any atom is -0.422 e. The molecule has 0 radical (unpaired) electrons. The van der Waals surface area contributed by atoms with Crippen molar-refractivity contribution in [2.45, 2.75) is 20.3 Å². The molecule has 2 heterocycles. The Morgan fingerprint density at radius 1 is 1.46 bits per heavy atom. The normalized spacial score (nSPS) is 20.2. The van der Waals surface area contributed by atoms with Gasteiger partial charge in [-0.1, -0.05) is 22.9 Å². The summed E-state index contributed by atoms with van der Waals surface area (Å²) in [7, 11) is 0. The molecule has 7 heteroatoms. The summed E-state index contributed by atoms with van der Waals surface area (Å²) >= 11 is 3.41. The van der Waals surface area contributed by atoms with Crippen molar-refractivity contribution in [2.24, 2.45) is 11.1 Å². The van der Waals surface area contributed by atoms with E-state index in [1.54, 1.807) is 24.0 Å². The minimum atomic E-state index is -0.580. The van der Waals surface area contributed by atoms with E-state index in [4.69, 9.17) is 10.2 Å². The fourth-order valence-corrected chi connectivity index (χ4v) is 3.45. The van der Waals surface area contributed by atoms with E-state index >= 15 is 0 Å². The van der Waals surface area contributed by atoms with Crippen LogP contribution in [0.25, 0.3) is 11.0 Å². The van der Waals surface area contributed by atoms with Crippen LogP contribution in [0.15, 0.2) is 31.9 Å². The van der Waals surface area contributed by atoms with Crippen molar-refractivity contribution in [1.82, 2.24) is 4.90 Å². The molecule has 3 rings (SSSR count). The van der Waals surface area contributed by atoms with Gasteiger partial charge in [0.05, 0.1) is 0 Å². The summed E-state index contributed by atoms with van der Waals surface area (Å²) in [6.07, 6.45) is 0.846. The van der Waals surface area contributed by atoms with Crippen LogP contribution in [0.1, 0.15) is 29.3 Å². The highest BCUT2D eigenvalue weighted by Crippen LogP contribution is 2.30. The van der Waals surface area contributed by atoms with Gasteiger partial charge in [0, 0.05) is 22.9 Å². The first-order valence-corrected chi connectivity index (χ1v) is 8.36. The zero-order chi connectivity index (χ0) is 16.8. The Morgan fingerprint density at radius 3 is 2.79 bits per heavy atom. The molecule has 0 bridgehead atoms. The summed E-state index contributed by atoms with van der Waals surface area (Å²) in [6, 6.07) is 5.39. The lowest BCUT2D eigenvalue weighted by Gasteiger charge is -2.22. The number of nitrogens with zero attached hydrogens (tertiary/aromatic N) is 1. The minimum absolute atomic E-state index is 0. The van der Waals surface area contributed by atoms with Gasteiger partial charge in [-0.25, -0.2) is 4.79 Å². The van der Waals surface area contributed by atoms with E-state index in [1.807, 2.05) is 6.07 Å². The number of carbonyl (C=O) groups excluding carboxylic acids is 1. The first-order valence-electron chi connectivity index (χ1n) is 7.57. The van der Waals surface area contributed by atoms with Crippen LogP contribution in [0.2, 0.25) is 0 Å². The second kappa shape index (κ2) is 6.86. The molecule has 130 valence electrons. The van der Waals surface area contributed by atoms with Crippen molar-refractivity contribution in [3.05, 3.63) is 44.2 Å². The molecule has 2 aromatic rings. The quantitative estimate of drug-likeness (QED) is 0.765. The van der Waals surface area contributed by atoms with Crippen LogP contribution in [-0.4, -0.2) is 30.4 Å². The molecular formula is C17H20BrClN2O3. The van der Waals surface area contributed by atoms with Crippen LogP contribution in [0, 0.1) is 12.3 Å². The maximum atomic E-state index is 12.8. The summed E-state index contributed by atoms with van der Waals surface area (Å²) in [5, 5.41) is 0.767. The van der Waals surface area contributed by atoms with E-state index in [0.717, 1.165) is 16.3 Å². The zero-order valence-electron chi connectivity index (χ0n) is 13.6. The third-order valence-electron chi connectivity index (χ3n) is 4.68. The first kappa shape index (κ1) is 19.0. The van der Waals surface area contributed by atoms with Crippen molar-refractivity contribution in [1.29, 1.82) is 0 Å². The SMILES string of the molecule is Cc1c(C(=O)N2CCC(C)(CN)C2)c(=O)oc2ccc(Br)cc12.Cl. The van der Waals surface area contributed by atoms with Gasteiger partial charge in [-0.15, -0.1) is 12.4 Å². The average molecular weight is 416 g/mol. The standard InChI is InChI=1S/C17H19BrN2O3.ClH/c1-10-12-7-11(18)3-4-13(12)23-16(22)14(10)15(21)20-6-5-17(2,8-19)9-20;/h3-4,7H,5-6,8-9,19H2,1-2H3;1H.